The second kappa shape index (κ2) is 4.69. The van der Waals surface area contributed by atoms with Crippen molar-refractivity contribution in [2.24, 2.45) is 5.41 Å². The van der Waals surface area contributed by atoms with E-state index in [0.717, 1.165) is 18.7 Å². The zero-order chi connectivity index (χ0) is 12.5. The van der Waals surface area contributed by atoms with Crippen LogP contribution in [0.3, 0.4) is 0 Å². The fourth-order valence-corrected chi connectivity index (χ4v) is 2.48. The normalized spacial score (nSPS) is 21.3. The molecule has 17 heavy (non-hydrogen) atoms. The van der Waals surface area contributed by atoms with Gasteiger partial charge in [-0.3, -0.25) is 0 Å². The summed E-state index contributed by atoms with van der Waals surface area (Å²) < 4.78 is 0. The molecule has 1 fully saturated rings. The number of anilines is 1. The van der Waals surface area contributed by atoms with Crippen molar-refractivity contribution in [3.05, 3.63) is 29.8 Å². The number of aliphatic hydroxyl groups excluding tert-OH is 1. The van der Waals surface area contributed by atoms with Gasteiger partial charge in [0.05, 0.1) is 6.10 Å². The fourth-order valence-electron chi connectivity index (χ4n) is 2.48. The van der Waals surface area contributed by atoms with Crippen LogP contribution >= 0.6 is 0 Å². The standard InChI is InChI=1S/C15H23NO/c1-12(17)13-6-4-5-7-14(13)16-10-8-15(2,3)9-11-16/h4-7,12,17H,8-11H2,1-3H3. The van der Waals surface area contributed by atoms with Crippen LogP contribution in [0.1, 0.15) is 45.3 Å². The average Bonchev–Trinajstić information content (AvgIpc) is 2.29. The van der Waals surface area contributed by atoms with Gasteiger partial charge in [0.25, 0.3) is 0 Å². The summed E-state index contributed by atoms with van der Waals surface area (Å²) in [6.45, 7) is 8.70. The molecule has 1 N–H and O–H groups in total. The first-order valence-corrected chi connectivity index (χ1v) is 6.51. The smallest absolute Gasteiger partial charge is 0.0781 e. The molecule has 1 aromatic carbocycles. The van der Waals surface area contributed by atoms with Crippen molar-refractivity contribution in [2.45, 2.75) is 39.7 Å². The molecule has 0 aromatic heterocycles. The Morgan fingerprint density at radius 3 is 2.35 bits per heavy atom. The summed E-state index contributed by atoms with van der Waals surface area (Å²) in [6.07, 6.45) is 2.06. The highest BCUT2D eigenvalue weighted by Gasteiger charge is 2.26. The minimum Gasteiger partial charge on any atom is -0.389 e. The van der Waals surface area contributed by atoms with E-state index in [1.54, 1.807) is 0 Å². The van der Waals surface area contributed by atoms with Gasteiger partial charge in [-0.25, -0.2) is 0 Å². The first-order valence-electron chi connectivity index (χ1n) is 6.51. The van der Waals surface area contributed by atoms with Crippen LogP contribution in [0.25, 0.3) is 0 Å². The van der Waals surface area contributed by atoms with Crippen LogP contribution < -0.4 is 4.90 Å². The van der Waals surface area contributed by atoms with Crippen molar-refractivity contribution in [2.75, 3.05) is 18.0 Å². The third kappa shape index (κ3) is 2.81. The Hall–Kier alpha value is -1.02. The summed E-state index contributed by atoms with van der Waals surface area (Å²) in [5.74, 6) is 0. The van der Waals surface area contributed by atoms with Crippen LogP contribution in [0.15, 0.2) is 24.3 Å². The molecule has 2 rings (SSSR count). The van der Waals surface area contributed by atoms with E-state index in [1.165, 1.54) is 18.5 Å². The molecule has 2 nitrogen and oxygen atoms in total. The molecule has 1 unspecified atom stereocenters. The predicted molar refractivity (Wildman–Crippen MR) is 72.3 cm³/mol. The van der Waals surface area contributed by atoms with Crippen LogP contribution in [-0.4, -0.2) is 18.2 Å². The predicted octanol–water partition coefficient (Wildman–Crippen LogP) is 3.37. The highest BCUT2D eigenvalue weighted by Crippen LogP contribution is 2.34. The van der Waals surface area contributed by atoms with Crippen molar-refractivity contribution in [1.82, 2.24) is 0 Å². The monoisotopic (exact) mass is 233 g/mol. The van der Waals surface area contributed by atoms with E-state index >= 15 is 0 Å². The van der Waals surface area contributed by atoms with Crippen molar-refractivity contribution >= 4 is 5.69 Å². The number of benzene rings is 1. The number of para-hydroxylation sites is 1. The Labute approximate surface area is 104 Å². The minimum absolute atomic E-state index is 0.388. The molecule has 1 heterocycles. The summed E-state index contributed by atoms with van der Waals surface area (Å²) in [4.78, 5) is 2.41. The number of hydrogen-bond donors (Lipinski definition) is 1. The quantitative estimate of drug-likeness (QED) is 0.846. The van der Waals surface area contributed by atoms with Crippen LogP contribution in [0.4, 0.5) is 5.69 Å². The summed E-state index contributed by atoms with van der Waals surface area (Å²) in [5, 5.41) is 9.81. The molecule has 0 spiro atoms. The van der Waals surface area contributed by atoms with Gasteiger partial charge in [-0.1, -0.05) is 32.0 Å². The molecule has 1 aromatic rings. The maximum atomic E-state index is 9.81. The fraction of sp³-hybridized carbons (Fsp3) is 0.600. The van der Waals surface area contributed by atoms with E-state index in [-0.39, 0.29) is 6.10 Å². The topological polar surface area (TPSA) is 23.5 Å². The average molecular weight is 233 g/mol. The SMILES string of the molecule is CC(O)c1ccccc1N1CCC(C)(C)CC1. The van der Waals surface area contributed by atoms with Gasteiger partial charge in [-0.15, -0.1) is 0 Å². The van der Waals surface area contributed by atoms with E-state index < -0.39 is 0 Å². The lowest BCUT2D eigenvalue weighted by atomic mass is 9.82. The largest absolute Gasteiger partial charge is 0.389 e. The van der Waals surface area contributed by atoms with Gasteiger partial charge in [0.15, 0.2) is 0 Å². The molecular weight excluding hydrogens is 210 g/mol. The van der Waals surface area contributed by atoms with Gasteiger partial charge in [0.1, 0.15) is 0 Å². The highest BCUT2D eigenvalue weighted by atomic mass is 16.3. The third-order valence-electron chi connectivity index (χ3n) is 3.84. The van der Waals surface area contributed by atoms with Gasteiger partial charge in [0, 0.05) is 24.3 Å². The molecule has 94 valence electrons. The van der Waals surface area contributed by atoms with Gasteiger partial charge in [0.2, 0.25) is 0 Å². The summed E-state index contributed by atoms with van der Waals surface area (Å²) in [5.41, 5.74) is 2.72. The Morgan fingerprint density at radius 1 is 1.18 bits per heavy atom. The molecule has 0 bridgehead atoms. The molecule has 0 saturated carbocycles. The van der Waals surface area contributed by atoms with E-state index in [1.807, 2.05) is 19.1 Å². The highest BCUT2D eigenvalue weighted by molar-refractivity contribution is 5.54. The van der Waals surface area contributed by atoms with Crippen LogP contribution in [-0.2, 0) is 0 Å². The second-order valence-electron chi connectivity index (χ2n) is 5.89. The molecule has 1 aliphatic heterocycles. The zero-order valence-electron chi connectivity index (χ0n) is 11.1. The minimum atomic E-state index is -0.388. The first kappa shape index (κ1) is 12.4. The molecular formula is C15H23NO. The van der Waals surface area contributed by atoms with Crippen molar-refractivity contribution in [3.8, 4) is 0 Å². The number of aliphatic hydroxyl groups is 1. The zero-order valence-corrected chi connectivity index (χ0v) is 11.1. The van der Waals surface area contributed by atoms with Gasteiger partial charge in [-0.2, -0.15) is 0 Å². The van der Waals surface area contributed by atoms with Crippen molar-refractivity contribution < 1.29 is 5.11 Å². The van der Waals surface area contributed by atoms with E-state index in [2.05, 4.69) is 30.9 Å². The lowest BCUT2D eigenvalue weighted by molar-refractivity contribution is 0.199. The maximum Gasteiger partial charge on any atom is 0.0781 e. The van der Waals surface area contributed by atoms with Gasteiger partial charge >= 0.3 is 0 Å². The summed E-state index contributed by atoms with van der Waals surface area (Å²) in [7, 11) is 0. The molecule has 2 heteroatoms. The number of piperidine rings is 1. The number of rotatable bonds is 2. The summed E-state index contributed by atoms with van der Waals surface area (Å²) >= 11 is 0. The summed E-state index contributed by atoms with van der Waals surface area (Å²) in [6, 6.07) is 8.21. The Bertz CT molecular complexity index is 374. The molecule has 0 aliphatic carbocycles. The Kier molecular flexibility index (Phi) is 3.43. The molecule has 1 atom stereocenters. The van der Waals surface area contributed by atoms with Crippen LogP contribution in [0, 0.1) is 5.41 Å². The lowest BCUT2D eigenvalue weighted by Gasteiger charge is -2.39. The number of hydrogen-bond acceptors (Lipinski definition) is 2. The molecule has 1 saturated heterocycles. The Morgan fingerprint density at radius 2 is 1.76 bits per heavy atom. The first-order chi connectivity index (χ1) is 7.99. The van der Waals surface area contributed by atoms with E-state index in [4.69, 9.17) is 0 Å². The molecule has 0 radical (unpaired) electrons. The van der Waals surface area contributed by atoms with Gasteiger partial charge < -0.3 is 10.0 Å². The molecule has 0 amide bonds. The van der Waals surface area contributed by atoms with Crippen molar-refractivity contribution in [1.29, 1.82) is 0 Å². The van der Waals surface area contributed by atoms with Crippen LogP contribution in [0.2, 0.25) is 0 Å². The van der Waals surface area contributed by atoms with Crippen molar-refractivity contribution in [3.63, 3.8) is 0 Å². The lowest BCUT2D eigenvalue weighted by Crippen LogP contribution is -2.37. The third-order valence-corrected chi connectivity index (χ3v) is 3.84. The number of nitrogens with zero attached hydrogens (tertiary/aromatic N) is 1. The Balaban J connectivity index is 2.18. The van der Waals surface area contributed by atoms with E-state index in [0.29, 0.717) is 5.41 Å². The maximum absolute atomic E-state index is 9.81. The van der Waals surface area contributed by atoms with Gasteiger partial charge in [-0.05, 0) is 31.2 Å². The molecule has 1 aliphatic rings. The van der Waals surface area contributed by atoms with Crippen LogP contribution in [0.5, 0.6) is 0 Å². The van der Waals surface area contributed by atoms with E-state index in [9.17, 15) is 5.11 Å². The second-order valence-corrected chi connectivity index (χ2v) is 5.89.